The molecule has 0 aromatic carbocycles. The Labute approximate surface area is 815 Å². The molecule has 2 aliphatic rings. The van der Waals surface area contributed by atoms with Gasteiger partial charge in [-0.25, -0.2) is 9.13 Å². The molecule has 20 heteroatoms. The quantitative estimate of drug-likeness (QED) is 0.0202. The highest BCUT2D eigenvalue weighted by molar-refractivity contribution is 7.61. The number of hydrogen-bond acceptors (Lipinski definition) is 15. The number of nitrogens with one attached hydrogen (secondary N) is 1. The first-order valence-electron chi connectivity index (χ1n) is 50.8. The Balaban J connectivity index is 1.57. The van der Waals surface area contributed by atoms with Crippen molar-refractivity contribution in [2.24, 2.45) is 5.92 Å². The lowest BCUT2D eigenvalue weighted by atomic mass is 9.95. The molecule has 762 valence electrons. The molecule has 2 saturated heterocycles. The van der Waals surface area contributed by atoms with Crippen molar-refractivity contribution in [1.82, 2.24) is 5.32 Å². The van der Waals surface area contributed by atoms with E-state index in [-0.39, 0.29) is 12.5 Å². The molecular weight excluding hydrogens is 1720 g/mol. The third-order valence-electron chi connectivity index (χ3n) is 25.4. The predicted molar refractivity (Wildman–Crippen MR) is 562 cm³/mol. The Morgan fingerprint density at radius 1 is 0.306 bits per heavy atom. The summed E-state index contributed by atoms with van der Waals surface area (Å²) < 4.78 is 57.0. The van der Waals surface area contributed by atoms with Gasteiger partial charge in [-0.2, -0.15) is 4.31 Å². The lowest BCUT2D eigenvalue weighted by Crippen LogP contribution is -2.67. The van der Waals surface area contributed by atoms with E-state index < -0.39 is 96.1 Å². The van der Waals surface area contributed by atoms with Gasteiger partial charge in [-0.1, -0.05) is 228 Å². The van der Waals surface area contributed by atoms with Crippen LogP contribution in [0.3, 0.4) is 0 Å². The molecule has 2 unspecified atom stereocenters. The SMILES string of the molecule is CC(=O)N[C@H]1[C@@H](OP(=O)(O)OP(=O)(O)OCC[C@@H](C)CC/C=C(/C)CC/C=C(/C)CC/C=C(/C)CC/C=C(/C)CC/C=C(/C)CC/C=C(/C)CC/C=C(/C)CC/C=C(/C)CC/C=C(/C)CC/C=C(/C)CC/C=C(/C)CC/C=C(/C)CC/C=C(/C)CC/C=C(/C)CC/C=C(/C)CC/C=C(/C)CC/C=C(\C)CC/C=C(\C)CCC=C(C)C)O[C@H](CO)[C@@H](O[C@@H]2O[C@H](CO)[C@@H](O)[C@H](O)[C@H]2O)[C@@H]1O. The van der Waals surface area contributed by atoms with Gasteiger partial charge in [0, 0.05) is 6.92 Å². The van der Waals surface area contributed by atoms with Crippen molar-refractivity contribution < 1.29 is 81.9 Å². The van der Waals surface area contributed by atoms with Crippen LogP contribution in [0, 0.1) is 5.92 Å². The molecule has 0 aromatic heterocycles. The zero-order valence-corrected chi connectivity index (χ0v) is 89.5. The summed E-state index contributed by atoms with van der Waals surface area (Å²) in [4.78, 5) is 33.1. The number of carbonyl (C=O) groups is 1. The van der Waals surface area contributed by atoms with Crippen molar-refractivity contribution in [2.45, 2.75) is 464 Å². The number of ether oxygens (including phenoxy) is 3. The second kappa shape index (κ2) is 72.7. The fourth-order valence-electron chi connectivity index (χ4n) is 16.2. The standard InChI is InChI=1S/C114H189NO17P2/c1-84(2)42-23-43-85(3)44-24-45-86(4)46-25-47-87(5)48-26-49-88(6)50-27-51-89(7)52-28-53-90(8)54-29-55-91(9)56-30-57-92(10)58-31-59-93(11)60-32-61-94(12)62-33-63-95(13)64-34-65-96(14)66-35-67-97(15)68-36-69-98(16)70-37-71-99(17)72-38-73-100(18)74-39-75-101(19)76-40-77-102(20)78-41-79-103(21)80-81-127-133(123,124)132-134(125,126)131-113-107(115-104(22)118)109(120)112(106(83-117)129-113)130-114-111(122)110(121)108(119)105(82-116)128-114/h42,44,46,48,50,52,54,56,58,60,62,64,66,68,70,72,74,76,78,103,105-114,116-117,119-122H,23-41,43,45,47,49,51,53,55,57,59,61,63,65,67,69,71,73,75,77,79-83H2,1-22H3,(H,115,118)(H,123,124)(H,125,126)/b85-44+,86-46+,87-48-,88-50-,89-52-,90-54-,91-56-,92-58-,93-60-,94-62-,95-64-,96-66-,97-68-,98-70-,99-72-,100-74-,101-76-,102-78-/t103-,105+,106+,107+,108+,109+,110-,111+,112+,113+,114-/m0/s1. The molecule has 2 rings (SSSR count). The van der Waals surface area contributed by atoms with Crippen molar-refractivity contribution in [3.63, 3.8) is 0 Å². The summed E-state index contributed by atoms with van der Waals surface area (Å²) in [6, 6.07) is -1.76. The average molecular weight is 1910 g/mol. The molecule has 18 nitrogen and oxygen atoms in total. The van der Waals surface area contributed by atoms with Gasteiger partial charge in [-0.3, -0.25) is 13.8 Å². The molecule has 0 aromatic rings. The van der Waals surface area contributed by atoms with E-state index in [4.69, 9.17) is 23.3 Å². The Kier molecular flexibility index (Phi) is 67.5. The van der Waals surface area contributed by atoms with Crippen molar-refractivity contribution in [3.8, 4) is 0 Å². The number of amides is 1. The van der Waals surface area contributed by atoms with E-state index in [1.54, 1.807) is 0 Å². The van der Waals surface area contributed by atoms with E-state index in [0.29, 0.717) is 6.42 Å². The van der Waals surface area contributed by atoms with Crippen LogP contribution in [0.4, 0.5) is 0 Å². The van der Waals surface area contributed by atoms with Crippen LogP contribution in [0.25, 0.3) is 0 Å². The zero-order valence-electron chi connectivity index (χ0n) is 87.7. The molecule has 0 saturated carbocycles. The van der Waals surface area contributed by atoms with E-state index >= 15 is 0 Å². The van der Waals surface area contributed by atoms with Gasteiger partial charge in [-0.05, 0) is 395 Å². The van der Waals surface area contributed by atoms with E-state index in [2.05, 4.69) is 264 Å². The number of phosphoric ester groups is 2. The van der Waals surface area contributed by atoms with Crippen molar-refractivity contribution in [3.05, 3.63) is 221 Å². The number of carbonyl (C=O) groups excluding carboxylic acids is 1. The van der Waals surface area contributed by atoms with Crippen molar-refractivity contribution in [1.29, 1.82) is 0 Å². The van der Waals surface area contributed by atoms with Crippen LogP contribution in [-0.4, -0.2) is 128 Å². The summed E-state index contributed by atoms with van der Waals surface area (Å²) in [6.07, 6.45) is 71.9. The molecule has 13 atom stereocenters. The molecule has 2 aliphatic heterocycles. The Morgan fingerprint density at radius 2 is 0.537 bits per heavy atom. The fourth-order valence-corrected chi connectivity index (χ4v) is 18.4. The minimum Gasteiger partial charge on any atom is -0.394 e. The number of allylic oxidation sites excluding steroid dienone is 38. The Bertz CT molecular complexity index is 4130. The summed E-state index contributed by atoms with van der Waals surface area (Å²) in [5, 5.41) is 64.1. The maximum atomic E-state index is 13.1. The summed E-state index contributed by atoms with van der Waals surface area (Å²) in [5.41, 5.74) is 28.1. The summed E-state index contributed by atoms with van der Waals surface area (Å²) in [7, 11) is -10.8. The highest BCUT2D eigenvalue weighted by Gasteiger charge is 2.53. The molecular formula is C114H189NO17P2. The van der Waals surface area contributed by atoms with Crippen LogP contribution < -0.4 is 5.32 Å². The first-order valence-corrected chi connectivity index (χ1v) is 53.8. The van der Waals surface area contributed by atoms with Gasteiger partial charge < -0.3 is 60.0 Å². The topological polar surface area (TPSA) is 280 Å². The number of aliphatic hydroxyl groups excluding tert-OH is 6. The van der Waals surface area contributed by atoms with E-state index in [0.717, 1.165) is 232 Å². The second-order valence-corrected chi connectivity index (χ2v) is 42.6. The van der Waals surface area contributed by atoms with Gasteiger partial charge in [-0.15, -0.1) is 0 Å². The summed E-state index contributed by atoms with van der Waals surface area (Å²) >= 11 is 0. The molecule has 0 spiro atoms. The minimum absolute atomic E-state index is 0.0379. The van der Waals surface area contributed by atoms with Crippen LogP contribution in [0.5, 0.6) is 0 Å². The second-order valence-electron chi connectivity index (χ2n) is 39.6. The molecule has 2 heterocycles. The smallest absolute Gasteiger partial charge is 0.394 e. The predicted octanol–water partition coefficient (Wildman–Crippen LogP) is 29.9. The molecule has 2 fully saturated rings. The average Bonchev–Trinajstić information content (AvgIpc) is 0.774. The van der Waals surface area contributed by atoms with E-state index in [1.165, 1.54) is 125 Å². The van der Waals surface area contributed by atoms with Crippen LogP contribution in [0.15, 0.2) is 221 Å². The van der Waals surface area contributed by atoms with Gasteiger partial charge in [0.15, 0.2) is 12.6 Å². The monoisotopic (exact) mass is 1910 g/mol. The van der Waals surface area contributed by atoms with Crippen LogP contribution in [0.1, 0.15) is 403 Å². The molecule has 0 radical (unpaired) electrons. The molecule has 134 heavy (non-hydrogen) atoms. The Morgan fingerprint density at radius 3 is 0.769 bits per heavy atom. The van der Waals surface area contributed by atoms with Crippen LogP contribution in [0.2, 0.25) is 0 Å². The highest BCUT2D eigenvalue weighted by Crippen LogP contribution is 2.61. The third-order valence-corrected chi connectivity index (χ3v) is 28.1. The fraction of sp³-hybridized carbons (Fsp3) is 0.658. The van der Waals surface area contributed by atoms with Gasteiger partial charge in [0.05, 0.1) is 19.8 Å². The number of phosphoric acid groups is 2. The lowest BCUT2D eigenvalue weighted by molar-refractivity contribution is -0.344. The summed E-state index contributed by atoms with van der Waals surface area (Å²) in [5.74, 6) is -0.766. The maximum absolute atomic E-state index is 13.1. The number of hydrogen-bond donors (Lipinski definition) is 9. The zero-order chi connectivity index (χ0) is 100.0. The Hall–Kier alpha value is -5.57. The van der Waals surface area contributed by atoms with Gasteiger partial charge in [0.25, 0.3) is 0 Å². The third kappa shape index (κ3) is 62.5. The lowest BCUT2D eigenvalue weighted by Gasteiger charge is -2.47. The van der Waals surface area contributed by atoms with Crippen molar-refractivity contribution >= 4 is 21.6 Å². The minimum atomic E-state index is -5.59. The first kappa shape index (κ1) is 124. The van der Waals surface area contributed by atoms with Gasteiger partial charge in [0.1, 0.15) is 48.8 Å². The highest BCUT2D eigenvalue weighted by atomic mass is 31.3. The number of aliphatic hydroxyl groups is 6. The van der Waals surface area contributed by atoms with Gasteiger partial charge >= 0.3 is 15.6 Å². The normalized spacial score (nSPS) is 22.5. The van der Waals surface area contributed by atoms with E-state index in [9.17, 15) is 54.4 Å². The first-order chi connectivity index (χ1) is 63.5. The molecule has 9 N–H and O–H groups in total. The summed E-state index contributed by atoms with van der Waals surface area (Å²) in [6.45, 7) is 46.3. The van der Waals surface area contributed by atoms with E-state index in [1.807, 2.05) is 6.92 Å². The van der Waals surface area contributed by atoms with Crippen LogP contribution in [-0.2, 0) is 41.5 Å². The van der Waals surface area contributed by atoms with Crippen molar-refractivity contribution in [2.75, 3.05) is 19.8 Å². The van der Waals surface area contributed by atoms with Crippen LogP contribution >= 0.6 is 15.6 Å². The maximum Gasteiger partial charge on any atom is 0.483 e. The molecule has 0 bridgehead atoms. The van der Waals surface area contributed by atoms with Gasteiger partial charge in [0.2, 0.25) is 5.91 Å². The molecule has 0 aliphatic carbocycles. The number of rotatable bonds is 70. The largest absolute Gasteiger partial charge is 0.483 e. The molecule has 1 amide bonds.